The van der Waals surface area contributed by atoms with Gasteiger partial charge in [0.15, 0.2) is 0 Å². The largest absolute Gasteiger partial charge is 0.352 e. The molecule has 0 radical (unpaired) electrons. The minimum absolute atomic E-state index is 0.00535. The number of hydrogen-bond acceptors (Lipinski definition) is 4. The van der Waals surface area contributed by atoms with Crippen LogP contribution in [0.4, 0.5) is 5.69 Å². The van der Waals surface area contributed by atoms with Crippen LogP contribution in [-0.2, 0) is 17.8 Å². The Hall–Kier alpha value is -2.96. The SMILES string of the molecule is CC[C@H](C)NC(=O)Cn1nc(C(=O)N2c3ccccc3C[C@H]2C)ccc1=O. The van der Waals surface area contributed by atoms with Crippen LogP contribution in [0, 0.1) is 0 Å². The maximum absolute atomic E-state index is 13.0. The van der Waals surface area contributed by atoms with Crippen LogP contribution >= 0.6 is 0 Å². The summed E-state index contributed by atoms with van der Waals surface area (Å²) in [6.45, 7) is 5.62. The molecule has 0 aliphatic carbocycles. The van der Waals surface area contributed by atoms with Crippen molar-refractivity contribution < 1.29 is 9.59 Å². The van der Waals surface area contributed by atoms with Crippen molar-refractivity contribution in [3.05, 3.63) is 58.0 Å². The third-order valence-electron chi connectivity index (χ3n) is 4.82. The molecule has 2 amide bonds. The van der Waals surface area contributed by atoms with Gasteiger partial charge in [0.05, 0.1) is 0 Å². The number of carbonyl (C=O) groups excluding carboxylic acids is 2. The predicted octanol–water partition coefficient (Wildman–Crippen LogP) is 1.75. The lowest BCUT2D eigenvalue weighted by Crippen LogP contribution is -2.40. The fraction of sp³-hybridized carbons (Fsp3) is 0.400. The molecule has 3 rings (SSSR count). The Bertz CT molecular complexity index is 921. The summed E-state index contributed by atoms with van der Waals surface area (Å²) in [5.41, 5.74) is 1.71. The van der Waals surface area contributed by atoms with E-state index in [1.54, 1.807) is 4.90 Å². The molecular weight excluding hydrogens is 344 g/mol. The van der Waals surface area contributed by atoms with E-state index < -0.39 is 5.56 Å². The average Bonchev–Trinajstić information content (AvgIpc) is 2.98. The third-order valence-corrected chi connectivity index (χ3v) is 4.82. The molecule has 1 aliphatic rings. The Morgan fingerprint density at radius 1 is 1.26 bits per heavy atom. The summed E-state index contributed by atoms with van der Waals surface area (Å²) in [5.74, 6) is -0.577. The molecule has 1 aromatic heterocycles. The predicted molar refractivity (Wildman–Crippen MR) is 103 cm³/mol. The molecule has 0 fully saturated rings. The molecule has 1 aromatic carbocycles. The van der Waals surface area contributed by atoms with Crippen molar-refractivity contribution in [1.29, 1.82) is 0 Å². The van der Waals surface area contributed by atoms with Gasteiger partial charge in [0.2, 0.25) is 5.91 Å². The van der Waals surface area contributed by atoms with Crippen LogP contribution in [0.5, 0.6) is 0 Å². The van der Waals surface area contributed by atoms with Crippen molar-refractivity contribution in [3.63, 3.8) is 0 Å². The highest BCUT2D eigenvalue weighted by molar-refractivity contribution is 6.06. The normalized spacial score (nSPS) is 16.7. The fourth-order valence-electron chi connectivity index (χ4n) is 3.23. The lowest BCUT2D eigenvalue weighted by Gasteiger charge is -2.22. The smallest absolute Gasteiger partial charge is 0.278 e. The summed E-state index contributed by atoms with van der Waals surface area (Å²) in [6.07, 6.45) is 1.57. The molecule has 1 aliphatic heterocycles. The minimum Gasteiger partial charge on any atom is -0.352 e. The second-order valence-corrected chi connectivity index (χ2v) is 6.95. The third kappa shape index (κ3) is 3.92. The van der Waals surface area contributed by atoms with Crippen LogP contribution < -0.4 is 15.8 Å². The number of rotatable bonds is 5. The van der Waals surface area contributed by atoms with E-state index in [1.807, 2.05) is 45.0 Å². The quantitative estimate of drug-likeness (QED) is 0.871. The first-order valence-electron chi connectivity index (χ1n) is 9.19. The lowest BCUT2D eigenvalue weighted by molar-refractivity contribution is -0.122. The van der Waals surface area contributed by atoms with E-state index in [9.17, 15) is 14.4 Å². The molecule has 142 valence electrons. The topological polar surface area (TPSA) is 84.3 Å². The van der Waals surface area contributed by atoms with Crippen molar-refractivity contribution in [1.82, 2.24) is 15.1 Å². The van der Waals surface area contributed by atoms with Gasteiger partial charge < -0.3 is 10.2 Å². The zero-order valence-corrected chi connectivity index (χ0v) is 15.8. The van der Waals surface area contributed by atoms with Crippen LogP contribution in [0.2, 0.25) is 0 Å². The summed E-state index contributed by atoms with van der Waals surface area (Å²) < 4.78 is 1.04. The highest BCUT2D eigenvalue weighted by Crippen LogP contribution is 2.32. The van der Waals surface area contributed by atoms with Gasteiger partial charge in [0, 0.05) is 23.8 Å². The molecule has 0 bridgehead atoms. The monoisotopic (exact) mass is 368 g/mol. The minimum atomic E-state index is -0.416. The number of amides is 2. The van der Waals surface area contributed by atoms with Gasteiger partial charge in [-0.25, -0.2) is 4.68 Å². The molecule has 27 heavy (non-hydrogen) atoms. The molecule has 7 heteroatoms. The number of nitrogens with zero attached hydrogens (tertiary/aromatic N) is 3. The zero-order valence-electron chi connectivity index (χ0n) is 15.8. The second kappa shape index (κ2) is 7.73. The van der Waals surface area contributed by atoms with Gasteiger partial charge >= 0.3 is 0 Å². The summed E-state index contributed by atoms with van der Waals surface area (Å²) >= 11 is 0. The van der Waals surface area contributed by atoms with Crippen molar-refractivity contribution in [2.45, 2.75) is 52.2 Å². The van der Waals surface area contributed by atoms with Gasteiger partial charge in [-0.1, -0.05) is 25.1 Å². The van der Waals surface area contributed by atoms with E-state index in [0.717, 1.165) is 28.8 Å². The molecular formula is C20H24N4O3. The zero-order chi connectivity index (χ0) is 19.6. The van der Waals surface area contributed by atoms with Gasteiger partial charge in [-0.15, -0.1) is 0 Å². The highest BCUT2D eigenvalue weighted by Gasteiger charge is 2.32. The Morgan fingerprint density at radius 3 is 2.74 bits per heavy atom. The van der Waals surface area contributed by atoms with E-state index in [4.69, 9.17) is 0 Å². The van der Waals surface area contributed by atoms with Crippen molar-refractivity contribution >= 4 is 17.5 Å². The van der Waals surface area contributed by atoms with E-state index >= 15 is 0 Å². The number of benzene rings is 1. The molecule has 0 saturated heterocycles. The molecule has 1 N–H and O–H groups in total. The van der Waals surface area contributed by atoms with Gasteiger partial charge in [-0.2, -0.15) is 5.10 Å². The molecule has 2 atom stereocenters. The summed E-state index contributed by atoms with van der Waals surface area (Å²) in [4.78, 5) is 38.9. The standard InChI is InChI=1S/C20H24N4O3/c1-4-13(2)21-18(25)12-23-19(26)10-9-16(22-23)20(27)24-14(3)11-15-7-5-6-8-17(15)24/h5-10,13-14H,4,11-12H2,1-3H3,(H,21,25)/t13-,14+/m0/s1. The Labute approximate surface area is 158 Å². The summed E-state index contributed by atoms with van der Waals surface area (Å²) in [7, 11) is 0. The fourth-order valence-corrected chi connectivity index (χ4v) is 3.23. The number of hydrogen-bond donors (Lipinski definition) is 1. The van der Waals surface area contributed by atoms with Crippen molar-refractivity contribution in [3.8, 4) is 0 Å². The number of aromatic nitrogens is 2. The van der Waals surface area contributed by atoms with Crippen LogP contribution in [0.1, 0.15) is 43.2 Å². The van der Waals surface area contributed by atoms with E-state index in [0.29, 0.717) is 0 Å². The maximum Gasteiger partial charge on any atom is 0.278 e. The number of carbonyl (C=O) groups is 2. The first-order chi connectivity index (χ1) is 12.9. The molecule has 2 aromatic rings. The van der Waals surface area contributed by atoms with Crippen molar-refractivity contribution in [2.75, 3.05) is 4.90 Å². The molecule has 0 unspecified atom stereocenters. The summed E-state index contributed by atoms with van der Waals surface area (Å²) in [6, 6.07) is 10.5. The van der Waals surface area contributed by atoms with Gasteiger partial charge in [0.25, 0.3) is 11.5 Å². The molecule has 2 heterocycles. The maximum atomic E-state index is 13.0. The number of nitrogens with one attached hydrogen (secondary N) is 1. The van der Waals surface area contributed by atoms with E-state index in [1.165, 1.54) is 12.1 Å². The average molecular weight is 368 g/mol. The van der Waals surface area contributed by atoms with Gasteiger partial charge in [-0.3, -0.25) is 14.4 Å². The highest BCUT2D eigenvalue weighted by atomic mass is 16.2. The first-order valence-corrected chi connectivity index (χ1v) is 9.19. The molecule has 0 saturated carbocycles. The number of fused-ring (bicyclic) bond motifs is 1. The first kappa shape index (κ1) is 18.8. The lowest BCUT2D eigenvalue weighted by atomic mass is 10.1. The molecule has 0 spiro atoms. The summed E-state index contributed by atoms with van der Waals surface area (Å²) in [5, 5.41) is 6.94. The van der Waals surface area contributed by atoms with Crippen LogP contribution in [0.15, 0.2) is 41.2 Å². The Balaban J connectivity index is 1.84. The molecule has 7 nitrogen and oxygen atoms in total. The van der Waals surface area contributed by atoms with Crippen LogP contribution in [0.3, 0.4) is 0 Å². The Morgan fingerprint density at radius 2 is 2.00 bits per heavy atom. The van der Waals surface area contributed by atoms with Gasteiger partial charge in [-0.05, 0) is 44.4 Å². The van der Waals surface area contributed by atoms with Crippen LogP contribution in [0.25, 0.3) is 0 Å². The van der Waals surface area contributed by atoms with Gasteiger partial charge in [0.1, 0.15) is 12.2 Å². The van der Waals surface area contributed by atoms with E-state index in [2.05, 4.69) is 10.4 Å². The number of para-hydroxylation sites is 1. The number of anilines is 1. The van der Waals surface area contributed by atoms with Crippen molar-refractivity contribution in [2.24, 2.45) is 0 Å². The van der Waals surface area contributed by atoms with E-state index in [-0.39, 0.29) is 36.1 Å². The Kier molecular flexibility index (Phi) is 5.39. The van der Waals surface area contributed by atoms with Crippen LogP contribution in [-0.4, -0.2) is 33.7 Å². The second-order valence-electron chi connectivity index (χ2n) is 6.95.